The summed E-state index contributed by atoms with van der Waals surface area (Å²) in [6, 6.07) is 8.31. The van der Waals surface area contributed by atoms with Crippen LogP contribution in [0.2, 0.25) is 0 Å². The van der Waals surface area contributed by atoms with E-state index in [0.717, 1.165) is 31.2 Å². The molecule has 2 heterocycles. The van der Waals surface area contributed by atoms with Crippen LogP contribution in [0.25, 0.3) is 10.9 Å². The Morgan fingerprint density at radius 3 is 3.04 bits per heavy atom. The van der Waals surface area contributed by atoms with Gasteiger partial charge in [-0.25, -0.2) is 0 Å². The van der Waals surface area contributed by atoms with E-state index in [1.54, 1.807) is 0 Å². The predicted molar refractivity (Wildman–Crippen MR) is 94.8 cm³/mol. The maximum absolute atomic E-state index is 12.8. The van der Waals surface area contributed by atoms with Gasteiger partial charge in [0.1, 0.15) is 6.54 Å². The standard InChI is InChI=1S/C20H26N2O2/c1-15-5-4-7-18-17(15)8-11-21(18)14-19(23)22-12-10-20(24)9-3-2-6-16(20)13-22/h4-5,7-8,11,16,24H,2-3,6,9-10,12-14H2,1H3. The number of carbonyl (C=O) groups is 1. The maximum atomic E-state index is 12.8. The van der Waals surface area contributed by atoms with Gasteiger partial charge in [0.05, 0.1) is 5.60 Å². The van der Waals surface area contributed by atoms with E-state index < -0.39 is 5.60 Å². The van der Waals surface area contributed by atoms with E-state index in [0.29, 0.717) is 19.6 Å². The molecular formula is C20H26N2O2. The lowest BCUT2D eigenvalue weighted by molar-refractivity contribution is -0.143. The van der Waals surface area contributed by atoms with Gasteiger partial charge in [-0.3, -0.25) is 4.79 Å². The van der Waals surface area contributed by atoms with Gasteiger partial charge in [0.2, 0.25) is 5.91 Å². The van der Waals surface area contributed by atoms with Crippen LogP contribution in [0, 0.1) is 12.8 Å². The number of hydrogen-bond donors (Lipinski definition) is 1. The second-order valence-electron chi connectivity index (χ2n) is 7.59. The summed E-state index contributed by atoms with van der Waals surface area (Å²) in [7, 11) is 0. The van der Waals surface area contributed by atoms with Crippen molar-refractivity contribution in [3.8, 4) is 0 Å². The molecule has 4 rings (SSSR count). The lowest BCUT2D eigenvalue weighted by atomic mass is 9.71. The first-order valence-electron chi connectivity index (χ1n) is 9.11. The average molecular weight is 326 g/mol. The van der Waals surface area contributed by atoms with Crippen LogP contribution < -0.4 is 0 Å². The molecule has 0 spiro atoms. The number of aromatic nitrogens is 1. The summed E-state index contributed by atoms with van der Waals surface area (Å²) in [5.41, 5.74) is 1.84. The number of likely N-dealkylation sites (tertiary alicyclic amines) is 1. The number of piperidine rings is 1. The van der Waals surface area contributed by atoms with Crippen LogP contribution in [-0.4, -0.2) is 39.2 Å². The summed E-state index contributed by atoms with van der Waals surface area (Å²) in [6.45, 7) is 3.89. The third kappa shape index (κ3) is 2.63. The summed E-state index contributed by atoms with van der Waals surface area (Å²) in [4.78, 5) is 14.8. The minimum absolute atomic E-state index is 0.168. The molecule has 1 aliphatic heterocycles. The van der Waals surface area contributed by atoms with Crippen LogP contribution in [-0.2, 0) is 11.3 Å². The van der Waals surface area contributed by atoms with Gasteiger partial charge >= 0.3 is 0 Å². The van der Waals surface area contributed by atoms with E-state index in [9.17, 15) is 9.90 Å². The van der Waals surface area contributed by atoms with E-state index in [1.807, 2.05) is 21.7 Å². The highest BCUT2D eigenvalue weighted by Gasteiger charge is 2.43. The third-order valence-electron chi connectivity index (χ3n) is 6.12. The number of aryl methyl sites for hydroxylation is 1. The Morgan fingerprint density at radius 2 is 2.17 bits per heavy atom. The molecule has 1 N–H and O–H groups in total. The van der Waals surface area contributed by atoms with Crippen LogP contribution in [0.3, 0.4) is 0 Å². The number of benzene rings is 1. The molecule has 128 valence electrons. The minimum Gasteiger partial charge on any atom is -0.389 e. The highest BCUT2D eigenvalue weighted by atomic mass is 16.3. The van der Waals surface area contributed by atoms with Crippen molar-refractivity contribution in [3.63, 3.8) is 0 Å². The Hall–Kier alpha value is -1.81. The Labute approximate surface area is 143 Å². The fraction of sp³-hybridized carbons (Fsp3) is 0.550. The number of nitrogens with zero attached hydrogens (tertiary/aromatic N) is 2. The monoisotopic (exact) mass is 326 g/mol. The van der Waals surface area contributed by atoms with Crippen LogP contribution in [0.4, 0.5) is 0 Å². The first-order chi connectivity index (χ1) is 11.6. The zero-order valence-electron chi connectivity index (χ0n) is 14.4. The number of rotatable bonds is 2. The summed E-state index contributed by atoms with van der Waals surface area (Å²) in [5, 5.41) is 12.0. The molecule has 4 nitrogen and oxygen atoms in total. The molecule has 2 unspecified atom stereocenters. The zero-order chi connectivity index (χ0) is 16.7. The van der Waals surface area contributed by atoms with Gasteiger partial charge in [-0.1, -0.05) is 25.0 Å². The normalized spacial score (nSPS) is 27.2. The van der Waals surface area contributed by atoms with Crippen LogP contribution in [0.15, 0.2) is 30.5 Å². The van der Waals surface area contributed by atoms with E-state index in [-0.39, 0.29) is 11.8 Å². The molecule has 2 atom stereocenters. The van der Waals surface area contributed by atoms with Crippen molar-refractivity contribution in [2.24, 2.45) is 5.92 Å². The largest absolute Gasteiger partial charge is 0.389 e. The molecule has 1 aromatic carbocycles. The van der Waals surface area contributed by atoms with Crippen molar-refractivity contribution in [2.45, 2.75) is 51.2 Å². The molecule has 2 aromatic rings. The lowest BCUT2D eigenvalue weighted by Crippen LogP contribution is -2.55. The van der Waals surface area contributed by atoms with Crippen LogP contribution in [0.5, 0.6) is 0 Å². The number of amides is 1. The van der Waals surface area contributed by atoms with Gasteiger partial charge < -0.3 is 14.6 Å². The maximum Gasteiger partial charge on any atom is 0.242 e. The fourth-order valence-electron chi connectivity index (χ4n) is 4.56. The number of carbonyl (C=O) groups excluding carboxylic acids is 1. The predicted octanol–water partition coefficient (Wildman–Crippen LogP) is 3.10. The summed E-state index contributed by atoms with van der Waals surface area (Å²) in [6.07, 6.45) is 6.99. The topological polar surface area (TPSA) is 45.5 Å². The molecule has 1 aliphatic carbocycles. The highest BCUT2D eigenvalue weighted by molar-refractivity contribution is 5.85. The number of aliphatic hydroxyl groups is 1. The first-order valence-corrected chi connectivity index (χ1v) is 9.11. The number of hydrogen-bond acceptors (Lipinski definition) is 2. The molecular weight excluding hydrogens is 300 g/mol. The zero-order valence-corrected chi connectivity index (χ0v) is 14.4. The molecule has 24 heavy (non-hydrogen) atoms. The third-order valence-corrected chi connectivity index (χ3v) is 6.12. The SMILES string of the molecule is Cc1cccc2c1ccn2CC(=O)N1CCC2(O)CCCCC2C1. The van der Waals surface area contributed by atoms with Crippen molar-refractivity contribution in [2.75, 3.05) is 13.1 Å². The molecule has 2 aliphatic rings. The fourth-order valence-corrected chi connectivity index (χ4v) is 4.56. The van der Waals surface area contributed by atoms with Crippen LogP contribution >= 0.6 is 0 Å². The quantitative estimate of drug-likeness (QED) is 0.922. The van der Waals surface area contributed by atoms with E-state index in [1.165, 1.54) is 17.4 Å². The van der Waals surface area contributed by atoms with Gasteiger partial charge in [-0.15, -0.1) is 0 Å². The molecule has 1 saturated heterocycles. The summed E-state index contributed by atoms with van der Waals surface area (Å²) in [5.74, 6) is 0.425. The minimum atomic E-state index is -0.522. The Kier molecular flexibility index (Phi) is 3.87. The lowest BCUT2D eigenvalue weighted by Gasteiger charge is -2.47. The van der Waals surface area contributed by atoms with E-state index >= 15 is 0 Å². The Morgan fingerprint density at radius 1 is 1.29 bits per heavy atom. The second kappa shape index (κ2) is 5.92. The molecule has 2 fully saturated rings. The first kappa shape index (κ1) is 15.7. The van der Waals surface area contributed by atoms with Crippen LogP contribution in [0.1, 0.15) is 37.7 Å². The van der Waals surface area contributed by atoms with Crippen molar-refractivity contribution in [1.82, 2.24) is 9.47 Å². The van der Waals surface area contributed by atoms with Crippen molar-refractivity contribution >= 4 is 16.8 Å². The molecule has 1 amide bonds. The Bertz CT molecular complexity index is 766. The molecule has 4 heteroatoms. The molecule has 1 saturated carbocycles. The van der Waals surface area contributed by atoms with Gasteiger partial charge in [-0.05, 0) is 43.9 Å². The average Bonchev–Trinajstić information content (AvgIpc) is 2.98. The highest BCUT2D eigenvalue weighted by Crippen LogP contribution is 2.39. The van der Waals surface area contributed by atoms with E-state index in [2.05, 4.69) is 25.1 Å². The molecule has 1 aromatic heterocycles. The van der Waals surface area contributed by atoms with Gasteiger partial charge in [0, 0.05) is 36.1 Å². The van der Waals surface area contributed by atoms with Crippen molar-refractivity contribution < 1.29 is 9.90 Å². The summed E-state index contributed by atoms with van der Waals surface area (Å²) < 4.78 is 2.05. The molecule has 0 bridgehead atoms. The molecule has 0 radical (unpaired) electrons. The van der Waals surface area contributed by atoms with Gasteiger partial charge in [0.15, 0.2) is 0 Å². The second-order valence-corrected chi connectivity index (χ2v) is 7.59. The Balaban J connectivity index is 1.49. The van der Waals surface area contributed by atoms with Gasteiger partial charge in [-0.2, -0.15) is 0 Å². The van der Waals surface area contributed by atoms with E-state index in [4.69, 9.17) is 0 Å². The van der Waals surface area contributed by atoms with Crippen molar-refractivity contribution in [3.05, 3.63) is 36.0 Å². The van der Waals surface area contributed by atoms with Gasteiger partial charge in [0.25, 0.3) is 0 Å². The number of fused-ring (bicyclic) bond motifs is 2. The smallest absolute Gasteiger partial charge is 0.242 e. The van der Waals surface area contributed by atoms with Crippen molar-refractivity contribution in [1.29, 1.82) is 0 Å². The summed E-state index contributed by atoms with van der Waals surface area (Å²) >= 11 is 0.